The van der Waals surface area contributed by atoms with Gasteiger partial charge in [-0.1, -0.05) is 23.4 Å². The van der Waals surface area contributed by atoms with E-state index in [4.69, 9.17) is 9.57 Å². The van der Waals surface area contributed by atoms with E-state index in [0.717, 1.165) is 29.8 Å². The number of hydrogen-bond donors (Lipinski definition) is 1. The zero-order valence-electron chi connectivity index (χ0n) is 17.4. The van der Waals surface area contributed by atoms with Crippen LogP contribution in [0, 0.1) is 0 Å². The van der Waals surface area contributed by atoms with Crippen LogP contribution in [0.5, 0.6) is 0 Å². The van der Waals surface area contributed by atoms with Crippen LogP contribution in [0.2, 0.25) is 0 Å². The molecule has 1 aliphatic heterocycles. The second kappa shape index (κ2) is 10.5. The van der Waals surface area contributed by atoms with Crippen molar-refractivity contribution in [2.24, 2.45) is 5.16 Å². The molecular weight excluding hydrogens is 382 g/mol. The van der Waals surface area contributed by atoms with Crippen LogP contribution in [0.15, 0.2) is 47.6 Å². The van der Waals surface area contributed by atoms with E-state index in [1.165, 1.54) is 5.56 Å². The summed E-state index contributed by atoms with van der Waals surface area (Å²) in [6.07, 6.45) is 2.48. The molecule has 0 aliphatic carbocycles. The molecular formula is C23H27N3O4. The van der Waals surface area contributed by atoms with Crippen LogP contribution in [0.3, 0.4) is 0 Å². The number of hydrogen-bond acceptors (Lipinski definition) is 6. The van der Waals surface area contributed by atoms with Gasteiger partial charge in [0.25, 0.3) is 5.91 Å². The van der Waals surface area contributed by atoms with Crippen molar-refractivity contribution in [2.45, 2.75) is 26.8 Å². The number of nitrogens with zero attached hydrogens (tertiary/aromatic N) is 2. The van der Waals surface area contributed by atoms with Crippen molar-refractivity contribution in [3.05, 3.63) is 64.7 Å². The van der Waals surface area contributed by atoms with Gasteiger partial charge in [0, 0.05) is 24.3 Å². The molecule has 1 N–H and O–H groups in total. The smallest absolute Gasteiger partial charge is 0.320 e. The third-order valence-electron chi connectivity index (χ3n) is 4.79. The van der Waals surface area contributed by atoms with Gasteiger partial charge in [-0.25, -0.2) is 0 Å². The van der Waals surface area contributed by atoms with Crippen LogP contribution in [0.25, 0.3) is 0 Å². The summed E-state index contributed by atoms with van der Waals surface area (Å²) >= 11 is 0. The monoisotopic (exact) mass is 409 g/mol. The lowest BCUT2D eigenvalue weighted by atomic mass is 9.99. The van der Waals surface area contributed by atoms with Gasteiger partial charge in [0.1, 0.15) is 6.61 Å². The van der Waals surface area contributed by atoms with Crippen LogP contribution in [-0.4, -0.2) is 49.3 Å². The van der Waals surface area contributed by atoms with Gasteiger partial charge < -0.3 is 14.9 Å². The Balaban J connectivity index is 1.62. The lowest BCUT2D eigenvalue weighted by Gasteiger charge is -2.28. The number of ether oxygens (including phenoxy) is 1. The van der Waals surface area contributed by atoms with Crippen molar-refractivity contribution in [1.29, 1.82) is 0 Å². The van der Waals surface area contributed by atoms with Gasteiger partial charge in [-0.05, 0) is 61.2 Å². The highest BCUT2D eigenvalue weighted by Gasteiger charge is 2.19. The molecule has 158 valence electrons. The second-order valence-electron chi connectivity index (χ2n) is 6.98. The molecule has 1 heterocycles. The maximum Gasteiger partial charge on any atom is 0.320 e. The zero-order valence-corrected chi connectivity index (χ0v) is 17.4. The Morgan fingerprint density at radius 2 is 1.90 bits per heavy atom. The number of amides is 1. The molecule has 0 aromatic heterocycles. The lowest BCUT2D eigenvalue weighted by Crippen LogP contribution is -2.35. The first-order valence-corrected chi connectivity index (χ1v) is 10.2. The van der Waals surface area contributed by atoms with Crippen LogP contribution in [0.1, 0.15) is 40.9 Å². The van der Waals surface area contributed by atoms with Crippen LogP contribution in [-0.2, 0) is 27.3 Å². The number of benzene rings is 2. The summed E-state index contributed by atoms with van der Waals surface area (Å²) in [4.78, 5) is 31.4. The average Bonchev–Trinajstić information content (AvgIpc) is 2.74. The molecule has 2 aromatic rings. The zero-order chi connectivity index (χ0) is 21.3. The molecule has 0 atom stereocenters. The van der Waals surface area contributed by atoms with Crippen LogP contribution in [0.4, 0.5) is 5.69 Å². The Morgan fingerprint density at radius 3 is 2.63 bits per heavy atom. The fourth-order valence-electron chi connectivity index (χ4n) is 3.31. The molecule has 7 heteroatoms. The summed E-state index contributed by atoms with van der Waals surface area (Å²) in [7, 11) is 0. The summed E-state index contributed by atoms with van der Waals surface area (Å²) in [5.41, 5.74) is 4.51. The normalized spacial score (nSPS) is 13.7. The van der Waals surface area contributed by atoms with Crippen molar-refractivity contribution < 1.29 is 19.2 Å². The van der Waals surface area contributed by atoms with Gasteiger partial charge in [-0.2, -0.15) is 0 Å². The van der Waals surface area contributed by atoms with Gasteiger partial charge in [0.05, 0.1) is 19.4 Å². The molecule has 7 nitrogen and oxygen atoms in total. The van der Waals surface area contributed by atoms with Crippen molar-refractivity contribution in [3.63, 3.8) is 0 Å². The molecule has 30 heavy (non-hydrogen) atoms. The quantitative estimate of drug-likeness (QED) is 0.411. The van der Waals surface area contributed by atoms with E-state index < -0.39 is 0 Å². The number of fused-ring (bicyclic) bond motifs is 1. The van der Waals surface area contributed by atoms with Gasteiger partial charge >= 0.3 is 5.97 Å². The molecule has 2 aromatic carbocycles. The maximum atomic E-state index is 12.6. The highest BCUT2D eigenvalue weighted by Crippen LogP contribution is 2.23. The van der Waals surface area contributed by atoms with Crippen molar-refractivity contribution in [3.8, 4) is 0 Å². The molecule has 0 saturated heterocycles. The predicted octanol–water partition coefficient (Wildman–Crippen LogP) is 3.23. The summed E-state index contributed by atoms with van der Waals surface area (Å²) in [6.45, 7) is 6.33. The van der Waals surface area contributed by atoms with Crippen LogP contribution >= 0.6 is 0 Å². The van der Waals surface area contributed by atoms with E-state index >= 15 is 0 Å². The average molecular weight is 409 g/mol. The minimum Gasteiger partial charge on any atom is -0.465 e. The predicted molar refractivity (Wildman–Crippen MR) is 116 cm³/mol. The number of carbonyl (C=O) groups is 2. The Labute approximate surface area is 176 Å². The molecule has 0 bridgehead atoms. The maximum absolute atomic E-state index is 12.6. The van der Waals surface area contributed by atoms with Crippen molar-refractivity contribution >= 4 is 23.8 Å². The molecule has 0 unspecified atom stereocenters. The first kappa shape index (κ1) is 21.5. The minimum absolute atomic E-state index is 0.178. The minimum atomic E-state index is -0.208. The van der Waals surface area contributed by atoms with E-state index in [-0.39, 0.29) is 18.4 Å². The summed E-state index contributed by atoms with van der Waals surface area (Å²) in [5, 5.41) is 6.77. The highest BCUT2D eigenvalue weighted by molar-refractivity contribution is 6.04. The van der Waals surface area contributed by atoms with E-state index in [1.807, 2.05) is 37.3 Å². The molecule has 1 amide bonds. The summed E-state index contributed by atoms with van der Waals surface area (Å²) in [5.74, 6) is -0.386. The number of nitrogens with one attached hydrogen (secondary N) is 1. The Hall–Kier alpha value is -3.19. The third kappa shape index (κ3) is 5.90. The van der Waals surface area contributed by atoms with Gasteiger partial charge in [-0.15, -0.1) is 0 Å². The van der Waals surface area contributed by atoms with Crippen molar-refractivity contribution in [1.82, 2.24) is 4.90 Å². The Morgan fingerprint density at radius 1 is 1.10 bits per heavy atom. The Bertz CT molecular complexity index is 909. The second-order valence-corrected chi connectivity index (χ2v) is 6.98. The lowest BCUT2D eigenvalue weighted by molar-refractivity contribution is -0.144. The Kier molecular flexibility index (Phi) is 7.57. The van der Waals surface area contributed by atoms with Crippen molar-refractivity contribution in [2.75, 3.05) is 31.6 Å². The highest BCUT2D eigenvalue weighted by atomic mass is 16.6. The standard InChI is InChI=1S/C23H27N3O4/c1-3-29-22(27)16-26-12-11-18-9-10-21(13-20(18)15-26)25-23(28)19-7-5-17(6-8-19)14-24-30-4-2/h5-10,13-14H,3-4,11-12,15-16H2,1-2H3,(H,25,28). The first-order valence-electron chi connectivity index (χ1n) is 10.2. The van der Waals surface area contributed by atoms with E-state index in [9.17, 15) is 9.59 Å². The van der Waals surface area contributed by atoms with Gasteiger partial charge in [0.15, 0.2) is 0 Å². The van der Waals surface area contributed by atoms with Gasteiger partial charge in [0.2, 0.25) is 0 Å². The van der Waals surface area contributed by atoms with Crippen LogP contribution < -0.4 is 5.32 Å². The van der Waals surface area contributed by atoms with E-state index in [1.54, 1.807) is 25.3 Å². The number of esters is 1. The van der Waals surface area contributed by atoms with E-state index in [0.29, 0.717) is 25.3 Å². The molecule has 0 saturated carbocycles. The van der Waals surface area contributed by atoms with E-state index in [2.05, 4.69) is 15.4 Å². The first-order chi connectivity index (χ1) is 14.6. The summed E-state index contributed by atoms with van der Waals surface area (Å²) in [6, 6.07) is 13.1. The molecule has 3 rings (SSSR count). The molecule has 1 aliphatic rings. The number of carbonyl (C=O) groups excluding carboxylic acids is 2. The molecule has 0 spiro atoms. The third-order valence-corrected chi connectivity index (χ3v) is 4.79. The number of rotatable bonds is 8. The fourth-order valence-corrected chi connectivity index (χ4v) is 3.31. The topological polar surface area (TPSA) is 80.2 Å². The van der Waals surface area contributed by atoms with Gasteiger partial charge in [-0.3, -0.25) is 14.5 Å². The summed E-state index contributed by atoms with van der Waals surface area (Å²) < 4.78 is 5.04. The molecule has 0 fully saturated rings. The number of anilines is 1. The molecule has 0 radical (unpaired) electrons. The SMILES string of the molecule is CCON=Cc1ccc(C(=O)Nc2ccc3c(c2)CN(CC(=O)OCC)CC3)cc1. The fraction of sp³-hybridized carbons (Fsp3) is 0.348. The largest absolute Gasteiger partial charge is 0.465 e. The number of oxime groups is 1.